The number of amides is 4. The Hall–Kier alpha value is -6.41. The van der Waals surface area contributed by atoms with Crippen molar-refractivity contribution in [2.75, 3.05) is 77.4 Å². The topological polar surface area (TPSA) is 294 Å². The van der Waals surface area contributed by atoms with Crippen molar-refractivity contribution >= 4 is 57.8 Å². The van der Waals surface area contributed by atoms with Crippen LogP contribution in [0.4, 0.5) is 11.4 Å². The maximum atomic E-state index is 14.0. The van der Waals surface area contributed by atoms with Crippen LogP contribution in [0.2, 0.25) is 0 Å². The normalized spacial score (nSPS) is 18.6. The monoisotopic (exact) mass is 1090 g/mol. The highest BCUT2D eigenvalue weighted by molar-refractivity contribution is 6.02. The Morgan fingerprint density at radius 3 is 2.29 bits per heavy atom. The lowest BCUT2D eigenvalue weighted by Gasteiger charge is -2.35. The van der Waals surface area contributed by atoms with Crippen LogP contribution in [0.1, 0.15) is 81.4 Å². The first-order chi connectivity index (χ1) is 37.4. The van der Waals surface area contributed by atoms with Gasteiger partial charge in [0.05, 0.1) is 57.6 Å². The molecule has 0 unspecified atom stereocenters. The van der Waals surface area contributed by atoms with Gasteiger partial charge in [-0.1, -0.05) is 32.9 Å². The Balaban J connectivity index is 0.909. The molecule has 6 atom stereocenters. The van der Waals surface area contributed by atoms with Gasteiger partial charge in [0.2, 0.25) is 24.0 Å². The van der Waals surface area contributed by atoms with Gasteiger partial charge in [0.15, 0.2) is 5.78 Å². The minimum absolute atomic E-state index is 0.0238. The van der Waals surface area contributed by atoms with E-state index in [2.05, 4.69) is 42.3 Å². The number of carbonyl (C=O) groups is 6. The predicted octanol–water partition coefficient (Wildman–Crippen LogP) is 2.50. The van der Waals surface area contributed by atoms with Crippen molar-refractivity contribution in [2.45, 2.75) is 116 Å². The van der Waals surface area contributed by atoms with Crippen molar-refractivity contribution in [1.29, 1.82) is 0 Å². The summed E-state index contributed by atoms with van der Waals surface area (Å²) in [4.78, 5) is 84.7. The first kappa shape index (κ1) is 60.8. The van der Waals surface area contributed by atoms with Crippen LogP contribution in [-0.4, -0.2) is 174 Å². The third-order valence-electron chi connectivity index (χ3n) is 13.6. The second-order valence-electron chi connectivity index (χ2n) is 20.0. The van der Waals surface area contributed by atoms with Gasteiger partial charge in [-0.15, -0.1) is 0 Å². The van der Waals surface area contributed by atoms with Gasteiger partial charge in [-0.05, 0) is 73.8 Å². The standard InChI is InChI=1S/C55H77N9O14/c1-34(2)49(44(66)28-35(3)53(72)60-40-11-9-37(10-12-40)32-76-36(4)65)61-54(73)43-14-13-41(30-46(43)78-55-51(71)50(70)45(67)33-77-55)59-47(68)18-24-74-26-27-75-25-20-57-39-15-21-63(22-16-39)48(69)17-23-64-42(31-62(6)56-5)29-38-8-7-19-58-52(38)64/h7-14,19,29-30,34-35,39,45,49-51,55-57,67,70-71H,15-18,20-28,31-33H2,1-6H3,(H,59,68)(H,60,72)(H,61,73)/t35-,45-,49+,50+,51-,55+/m1/s1. The number of hydrazine groups is 1. The number of aliphatic hydroxyl groups is 3. The number of aliphatic hydroxyl groups excluding tert-OH is 3. The molecular formula is C55H77N9O14. The minimum Gasteiger partial charge on any atom is -0.461 e. The van der Waals surface area contributed by atoms with E-state index in [-0.39, 0.29) is 68.2 Å². The lowest BCUT2D eigenvalue weighted by Crippen LogP contribution is -2.55. The molecule has 2 aromatic heterocycles. The number of likely N-dealkylation sites (tertiary alicyclic amines) is 1. The Bertz CT molecular complexity index is 2630. The summed E-state index contributed by atoms with van der Waals surface area (Å²) in [6.45, 7) is 10.4. The molecule has 23 heteroatoms. The summed E-state index contributed by atoms with van der Waals surface area (Å²) in [6.07, 6.45) is -2.61. The number of anilines is 2. The largest absolute Gasteiger partial charge is 0.461 e. The summed E-state index contributed by atoms with van der Waals surface area (Å²) in [7, 11) is 3.84. The van der Waals surface area contributed by atoms with E-state index in [4.69, 9.17) is 23.7 Å². The van der Waals surface area contributed by atoms with Crippen LogP contribution >= 0.6 is 0 Å². The molecule has 2 aliphatic rings. The number of Topliss-reactive ketones (excluding diaryl/α,β-unsaturated/α-hetero) is 1. The van der Waals surface area contributed by atoms with Crippen molar-refractivity contribution in [1.82, 2.24) is 35.5 Å². The van der Waals surface area contributed by atoms with E-state index in [9.17, 15) is 44.1 Å². The van der Waals surface area contributed by atoms with Gasteiger partial charge in [0.1, 0.15) is 36.3 Å². The first-order valence-corrected chi connectivity index (χ1v) is 26.5. The van der Waals surface area contributed by atoms with E-state index in [0.29, 0.717) is 58.0 Å². The van der Waals surface area contributed by atoms with E-state index in [1.807, 2.05) is 36.1 Å². The number of ether oxygens (including phenoxy) is 5. The summed E-state index contributed by atoms with van der Waals surface area (Å²) < 4.78 is 29.9. The molecule has 0 bridgehead atoms. The van der Waals surface area contributed by atoms with Gasteiger partial charge < -0.3 is 69.7 Å². The van der Waals surface area contributed by atoms with Crippen molar-refractivity contribution in [2.24, 2.45) is 11.8 Å². The lowest BCUT2D eigenvalue weighted by atomic mass is 9.92. The highest BCUT2D eigenvalue weighted by atomic mass is 16.7. The molecule has 426 valence electrons. The molecule has 2 aromatic carbocycles. The van der Waals surface area contributed by atoms with Crippen molar-refractivity contribution in [3.05, 3.63) is 83.7 Å². The van der Waals surface area contributed by atoms with Crippen LogP contribution in [0.3, 0.4) is 0 Å². The Labute approximate surface area is 454 Å². The third-order valence-corrected chi connectivity index (χ3v) is 13.6. The molecule has 6 rings (SSSR count). The van der Waals surface area contributed by atoms with Crippen molar-refractivity contribution < 1.29 is 67.8 Å². The van der Waals surface area contributed by atoms with Crippen molar-refractivity contribution in [3.8, 4) is 5.75 Å². The molecule has 0 radical (unpaired) electrons. The zero-order valence-corrected chi connectivity index (χ0v) is 45.4. The molecule has 0 saturated carbocycles. The zero-order chi connectivity index (χ0) is 56.3. The van der Waals surface area contributed by atoms with Gasteiger partial charge in [0, 0.05) is 99.7 Å². The van der Waals surface area contributed by atoms with Gasteiger partial charge in [0.25, 0.3) is 5.91 Å². The molecule has 0 spiro atoms. The molecule has 2 fully saturated rings. The number of pyridine rings is 1. The number of carbonyl (C=O) groups excluding carboxylic acids is 6. The zero-order valence-electron chi connectivity index (χ0n) is 45.4. The van der Waals surface area contributed by atoms with Crippen LogP contribution in [-0.2, 0) is 62.6 Å². The molecule has 4 heterocycles. The molecule has 8 N–H and O–H groups in total. The molecule has 4 aromatic rings. The number of ketones is 1. The lowest BCUT2D eigenvalue weighted by molar-refractivity contribution is -0.242. The molecule has 0 aliphatic carbocycles. The first-order valence-electron chi connectivity index (χ1n) is 26.5. The summed E-state index contributed by atoms with van der Waals surface area (Å²) in [5.41, 5.74) is 6.41. The smallest absolute Gasteiger partial charge is 0.302 e. The fourth-order valence-corrected chi connectivity index (χ4v) is 8.98. The van der Waals surface area contributed by atoms with Gasteiger partial charge in [-0.25, -0.2) is 9.99 Å². The highest BCUT2D eigenvalue weighted by Gasteiger charge is 2.40. The maximum absolute atomic E-state index is 14.0. The van der Waals surface area contributed by atoms with E-state index in [1.165, 1.54) is 25.1 Å². The predicted molar refractivity (Wildman–Crippen MR) is 288 cm³/mol. The van der Waals surface area contributed by atoms with Crippen LogP contribution in [0.25, 0.3) is 11.0 Å². The number of nitrogens with zero attached hydrogens (tertiary/aromatic N) is 4. The highest BCUT2D eigenvalue weighted by Crippen LogP contribution is 2.29. The average molecular weight is 1090 g/mol. The van der Waals surface area contributed by atoms with E-state index in [1.54, 1.807) is 51.2 Å². The van der Waals surface area contributed by atoms with Crippen LogP contribution < -0.4 is 31.4 Å². The molecule has 23 nitrogen and oxygen atoms in total. The number of esters is 1. The fourth-order valence-electron chi connectivity index (χ4n) is 8.98. The molecule has 78 heavy (non-hydrogen) atoms. The third kappa shape index (κ3) is 18.1. The molecule has 2 aliphatic heterocycles. The van der Waals surface area contributed by atoms with Gasteiger partial charge >= 0.3 is 5.97 Å². The second kappa shape index (κ2) is 30.1. The number of fused-ring (bicyclic) bond motifs is 1. The van der Waals surface area contributed by atoms with Crippen LogP contribution in [0.15, 0.2) is 66.9 Å². The van der Waals surface area contributed by atoms with Crippen LogP contribution in [0, 0.1) is 11.8 Å². The number of aromatic nitrogens is 2. The van der Waals surface area contributed by atoms with Gasteiger partial charge in [-0.3, -0.25) is 34.2 Å². The summed E-state index contributed by atoms with van der Waals surface area (Å²) >= 11 is 0. The number of hydrogen-bond donors (Lipinski definition) is 8. The number of benzene rings is 2. The maximum Gasteiger partial charge on any atom is 0.302 e. The number of nitrogens with one attached hydrogen (secondary N) is 5. The number of hydrogen-bond acceptors (Lipinski definition) is 18. The Kier molecular flexibility index (Phi) is 23.5. The fraction of sp³-hybridized carbons (Fsp3) is 0.545. The molecule has 4 amide bonds. The summed E-state index contributed by atoms with van der Waals surface area (Å²) in [5, 5.41) is 45.8. The summed E-state index contributed by atoms with van der Waals surface area (Å²) in [6, 6.07) is 16.2. The number of rotatable bonds is 29. The van der Waals surface area contributed by atoms with E-state index >= 15 is 0 Å². The van der Waals surface area contributed by atoms with E-state index < -0.39 is 72.0 Å². The van der Waals surface area contributed by atoms with Crippen LogP contribution in [0.5, 0.6) is 5.75 Å². The Morgan fingerprint density at radius 2 is 1.59 bits per heavy atom. The second-order valence-corrected chi connectivity index (χ2v) is 20.0. The Morgan fingerprint density at radius 1 is 0.872 bits per heavy atom. The average Bonchev–Trinajstić information content (AvgIpc) is 3.82. The summed E-state index contributed by atoms with van der Waals surface area (Å²) in [5.74, 6) is -3.64. The molecular weight excluding hydrogens is 1010 g/mol. The quantitative estimate of drug-likeness (QED) is 0.0220. The van der Waals surface area contributed by atoms with E-state index in [0.717, 1.165) is 35.1 Å². The minimum atomic E-state index is -1.71. The SMILES string of the molecule is CNN(C)Cc1cc2cccnc2n1CCC(=O)N1CCC(NCCOCCOCCC(=O)Nc2ccc(C(=O)N[C@H](C(=O)C[C@@H](C)C(=O)Nc3ccc(COC(C)=O)cc3)C(C)C)c(O[C@@H]3OC[C@@H](O)[C@H](O)[C@H]3O)c2)CC1. The number of piperidine rings is 1. The van der Waals surface area contributed by atoms with Crippen molar-refractivity contribution in [3.63, 3.8) is 0 Å². The van der Waals surface area contributed by atoms with Gasteiger partial charge in [-0.2, -0.15) is 0 Å². The molecule has 2 saturated heterocycles. The number of aryl methyl sites for hydroxylation is 1.